The molecule has 5 nitrogen and oxygen atoms in total. The molecule has 0 saturated carbocycles. The number of thiazole rings is 1. The Morgan fingerprint density at radius 2 is 1.49 bits per heavy atom. The molecule has 2 aliphatic rings. The molecule has 39 heavy (non-hydrogen) atoms. The zero-order valence-corrected chi connectivity index (χ0v) is 23.3. The van der Waals surface area contributed by atoms with Crippen LogP contribution >= 0.6 is 22.9 Å². The number of hydrogen-bond acceptors (Lipinski definition) is 5. The van der Waals surface area contributed by atoms with E-state index in [0.717, 1.165) is 53.1 Å². The molecule has 0 saturated heterocycles. The smallest absolute Gasteiger partial charge is 0.271 e. The van der Waals surface area contributed by atoms with Crippen molar-refractivity contribution in [3.8, 4) is 11.5 Å². The first-order valence-corrected chi connectivity index (χ1v) is 14.0. The van der Waals surface area contributed by atoms with Gasteiger partial charge < -0.3 is 9.47 Å². The highest BCUT2D eigenvalue weighted by molar-refractivity contribution is 7.07. The van der Waals surface area contributed by atoms with Crippen LogP contribution in [0.1, 0.15) is 42.0 Å². The van der Waals surface area contributed by atoms with Crippen LogP contribution in [0.4, 0.5) is 0 Å². The van der Waals surface area contributed by atoms with Crippen LogP contribution in [0.2, 0.25) is 5.02 Å². The summed E-state index contributed by atoms with van der Waals surface area (Å²) < 4.78 is 13.2. The van der Waals surface area contributed by atoms with Gasteiger partial charge in [0.1, 0.15) is 11.5 Å². The van der Waals surface area contributed by atoms with Crippen molar-refractivity contribution in [2.45, 2.75) is 25.3 Å². The zero-order valence-electron chi connectivity index (χ0n) is 21.7. The van der Waals surface area contributed by atoms with Gasteiger partial charge in [0, 0.05) is 5.02 Å². The molecule has 0 spiro atoms. The van der Waals surface area contributed by atoms with Gasteiger partial charge in [0.25, 0.3) is 5.56 Å². The Morgan fingerprint density at radius 1 is 0.872 bits per heavy atom. The van der Waals surface area contributed by atoms with Gasteiger partial charge in [-0.1, -0.05) is 59.3 Å². The van der Waals surface area contributed by atoms with Crippen LogP contribution in [0.15, 0.2) is 99.4 Å². The molecule has 0 N–H and O–H groups in total. The summed E-state index contributed by atoms with van der Waals surface area (Å²) in [4.78, 5) is 19.7. The van der Waals surface area contributed by atoms with Gasteiger partial charge in [-0.05, 0) is 95.6 Å². The maximum atomic E-state index is 13.9. The second kappa shape index (κ2) is 10.7. The van der Waals surface area contributed by atoms with Crippen molar-refractivity contribution in [2.75, 3.05) is 14.2 Å². The lowest BCUT2D eigenvalue weighted by Crippen LogP contribution is -2.39. The van der Waals surface area contributed by atoms with Crippen LogP contribution in [0.25, 0.3) is 12.2 Å². The molecule has 0 unspecified atom stereocenters. The molecular formula is C32H27ClN2O3S. The fraction of sp³-hybridized carbons (Fsp3) is 0.188. The highest BCUT2D eigenvalue weighted by Gasteiger charge is 2.32. The first-order valence-electron chi connectivity index (χ1n) is 12.8. The molecule has 1 aromatic heterocycles. The number of fused-ring (bicyclic) bond motifs is 1. The molecule has 0 bridgehead atoms. The summed E-state index contributed by atoms with van der Waals surface area (Å²) in [5, 5.41) is 0.664. The fourth-order valence-electron chi connectivity index (χ4n) is 5.25. The minimum Gasteiger partial charge on any atom is -0.497 e. The zero-order chi connectivity index (χ0) is 26.9. The van der Waals surface area contributed by atoms with Crippen molar-refractivity contribution in [3.63, 3.8) is 0 Å². The Labute approximate surface area is 235 Å². The van der Waals surface area contributed by atoms with Crippen molar-refractivity contribution in [2.24, 2.45) is 4.99 Å². The van der Waals surface area contributed by atoms with Crippen molar-refractivity contribution >= 4 is 35.1 Å². The van der Waals surface area contributed by atoms with E-state index in [9.17, 15) is 4.79 Å². The van der Waals surface area contributed by atoms with Crippen LogP contribution in [0.5, 0.6) is 11.5 Å². The lowest BCUT2D eigenvalue weighted by molar-refractivity contribution is 0.414. The Morgan fingerprint density at radius 3 is 2.15 bits per heavy atom. The van der Waals surface area contributed by atoms with Gasteiger partial charge in [0.2, 0.25) is 0 Å². The van der Waals surface area contributed by atoms with Crippen molar-refractivity contribution < 1.29 is 9.47 Å². The van der Waals surface area contributed by atoms with Gasteiger partial charge in [0.05, 0.1) is 30.5 Å². The number of nitrogens with zero attached hydrogens (tertiary/aromatic N) is 2. The highest BCUT2D eigenvalue weighted by Crippen LogP contribution is 2.41. The summed E-state index contributed by atoms with van der Waals surface area (Å²) in [5.74, 6) is 1.61. The van der Waals surface area contributed by atoms with Gasteiger partial charge in [-0.2, -0.15) is 0 Å². The first-order chi connectivity index (χ1) is 19.0. The standard InChI is InChI=1S/C32H27ClN2O3S/c1-37-25-14-8-20(9-15-25)18-23-4-3-5-27-29(23)34-32-35(30(27)22-10-16-26(38-2)17-11-22)31(36)28(39-32)19-21-6-12-24(33)13-7-21/h6-19,30H,3-5H2,1-2H3/b23-18-,28-19?/t30-/m0/s1. The van der Waals surface area contributed by atoms with Crippen LogP contribution in [-0.2, 0) is 0 Å². The van der Waals surface area contributed by atoms with E-state index >= 15 is 0 Å². The highest BCUT2D eigenvalue weighted by atomic mass is 35.5. The number of rotatable bonds is 5. The molecule has 6 rings (SSSR count). The number of hydrogen-bond donors (Lipinski definition) is 0. The molecule has 196 valence electrons. The summed E-state index contributed by atoms with van der Waals surface area (Å²) in [6.07, 6.45) is 6.95. The van der Waals surface area contributed by atoms with Gasteiger partial charge in [-0.25, -0.2) is 4.99 Å². The molecule has 1 atom stereocenters. The van der Waals surface area contributed by atoms with E-state index in [-0.39, 0.29) is 11.6 Å². The maximum Gasteiger partial charge on any atom is 0.271 e. The molecule has 1 aliphatic carbocycles. The topological polar surface area (TPSA) is 52.8 Å². The van der Waals surface area contributed by atoms with Crippen LogP contribution in [-0.4, -0.2) is 18.8 Å². The second-order valence-corrected chi connectivity index (χ2v) is 11.0. The third-order valence-corrected chi connectivity index (χ3v) is 8.42. The molecule has 0 amide bonds. The number of allylic oxidation sites excluding steroid dienone is 2. The Bertz CT molecular complexity index is 1760. The van der Waals surface area contributed by atoms with Gasteiger partial charge >= 0.3 is 0 Å². The predicted octanol–water partition coefficient (Wildman–Crippen LogP) is 6.15. The largest absolute Gasteiger partial charge is 0.497 e. The van der Waals surface area contributed by atoms with E-state index in [1.165, 1.54) is 22.5 Å². The van der Waals surface area contributed by atoms with E-state index in [4.69, 9.17) is 26.1 Å². The summed E-state index contributed by atoms with van der Waals surface area (Å²) in [7, 11) is 3.33. The van der Waals surface area contributed by atoms with E-state index in [1.54, 1.807) is 14.2 Å². The van der Waals surface area contributed by atoms with Gasteiger partial charge in [-0.15, -0.1) is 0 Å². The Balaban J connectivity index is 1.54. The third kappa shape index (κ3) is 4.98. The normalized spacial score (nSPS) is 18.0. The van der Waals surface area contributed by atoms with Crippen LogP contribution in [0, 0.1) is 0 Å². The van der Waals surface area contributed by atoms with E-state index in [0.29, 0.717) is 14.4 Å². The van der Waals surface area contributed by atoms with Crippen LogP contribution < -0.4 is 24.4 Å². The number of ether oxygens (including phenoxy) is 2. The van der Waals surface area contributed by atoms with Crippen LogP contribution in [0.3, 0.4) is 0 Å². The molecule has 0 fully saturated rings. The maximum absolute atomic E-state index is 13.9. The molecule has 2 heterocycles. The van der Waals surface area contributed by atoms with Crippen molar-refractivity contribution in [1.29, 1.82) is 0 Å². The summed E-state index contributed by atoms with van der Waals surface area (Å²) in [5.41, 5.74) is 6.40. The SMILES string of the molecule is COc1ccc(/C=C2/CCCC3=C2N=c2sc(=Cc4ccc(Cl)cc4)c(=O)n2[C@H]3c2ccc(OC)cc2)cc1. The quantitative estimate of drug-likeness (QED) is 0.297. The monoisotopic (exact) mass is 554 g/mol. The number of benzene rings is 3. The van der Waals surface area contributed by atoms with E-state index in [1.807, 2.05) is 59.2 Å². The summed E-state index contributed by atoms with van der Waals surface area (Å²) >= 11 is 7.50. The lowest BCUT2D eigenvalue weighted by atomic mass is 9.84. The first kappa shape index (κ1) is 25.4. The minimum atomic E-state index is -0.228. The Kier molecular flexibility index (Phi) is 6.98. The van der Waals surface area contributed by atoms with Crippen molar-refractivity contribution in [3.05, 3.63) is 131 Å². The van der Waals surface area contributed by atoms with Gasteiger partial charge in [0.15, 0.2) is 4.80 Å². The average molecular weight is 555 g/mol. The fourth-order valence-corrected chi connectivity index (χ4v) is 6.38. The molecule has 4 aromatic rings. The predicted molar refractivity (Wildman–Crippen MR) is 157 cm³/mol. The number of methoxy groups -OCH3 is 2. The summed E-state index contributed by atoms with van der Waals surface area (Å²) in [6.45, 7) is 0. The Hall–Kier alpha value is -3.87. The third-order valence-electron chi connectivity index (χ3n) is 7.19. The second-order valence-electron chi connectivity index (χ2n) is 9.58. The summed E-state index contributed by atoms with van der Waals surface area (Å²) in [6, 6.07) is 23.4. The number of aromatic nitrogens is 1. The molecule has 1 aliphatic heterocycles. The average Bonchev–Trinajstić information content (AvgIpc) is 3.28. The molecular weight excluding hydrogens is 528 g/mol. The van der Waals surface area contributed by atoms with E-state index < -0.39 is 0 Å². The number of halogens is 1. The molecule has 0 radical (unpaired) electrons. The van der Waals surface area contributed by atoms with E-state index in [2.05, 4.69) is 30.3 Å². The lowest BCUT2D eigenvalue weighted by Gasteiger charge is -2.31. The van der Waals surface area contributed by atoms with Crippen molar-refractivity contribution in [1.82, 2.24) is 4.57 Å². The molecule has 3 aromatic carbocycles. The molecule has 7 heteroatoms. The minimum absolute atomic E-state index is 0.0349. The van der Waals surface area contributed by atoms with Gasteiger partial charge in [-0.3, -0.25) is 9.36 Å².